The lowest BCUT2D eigenvalue weighted by molar-refractivity contribution is -0.0267. The highest BCUT2D eigenvalue weighted by Crippen LogP contribution is 2.32. The maximum atomic E-state index is 13.0. The number of aromatic nitrogens is 2. The summed E-state index contributed by atoms with van der Waals surface area (Å²) in [5.41, 5.74) is 2.58. The van der Waals surface area contributed by atoms with E-state index < -0.39 is 0 Å². The summed E-state index contributed by atoms with van der Waals surface area (Å²) in [6, 6.07) is 29.8. The van der Waals surface area contributed by atoms with Crippen LogP contribution in [0, 0.1) is 0 Å². The molecule has 0 unspecified atom stereocenters. The Morgan fingerprint density at radius 2 is 1.66 bits per heavy atom. The number of nitrogens with one attached hydrogen (secondary N) is 1. The van der Waals surface area contributed by atoms with Crippen molar-refractivity contribution in [2.75, 3.05) is 32.8 Å². The molecule has 44 heavy (non-hydrogen) atoms. The molecule has 0 saturated carbocycles. The fraction of sp³-hybridized carbons (Fsp3) is 0.278. The highest BCUT2D eigenvalue weighted by atomic mass is 16.5. The normalized spacial score (nSPS) is 14.2. The number of benzene rings is 4. The minimum absolute atomic E-state index is 0.0648. The number of ether oxygens (including phenoxy) is 2. The van der Waals surface area contributed by atoms with Crippen molar-refractivity contribution in [2.45, 2.75) is 31.6 Å². The lowest BCUT2D eigenvalue weighted by atomic mass is 10.00. The summed E-state index contributed by atoms with van der Waals surface area (Å²) in [7, 11) is 0. The lowest BCUT2D eigenvalue weighted by Gasteiger charge is -2.34. The molecule has 0 radical (unpaired) electrons. The minimum Gasteiger partial charge on any atom is -0.507 e. The highest BCUT2D eigenvalue weighted by molar-refractivity contribution is 6.02. The second-order valence-corrected chi connectivity index (χ2v) is 11.1. The SMILES string of the molecule is O=C(NCCN1CCC(OC(c2ccccc2)c2ccccc2)CC1)c1cc2cccc(OCCn3ccnc3)c2cc1O. The number of carbonyl (C=O) groups is 1. The smallest absolute Gasteiger partial charge is 0.255 e. The van der Waals surface area contributed by atoms with Gasteiger partial charge in [-0.2, -0.15) is 0 Å². The second-order valence-electron chi connectivity index (χ2n) is 11.1. The van der Waals surface area contributed by atoms with E-state index in [1.165, 1.54) is 0 Å². The van der Waals surface area contributed by atoms with E-state index >= 15 is 0 Å². The molecule has 8 nitrogen and oxygen atoms in total. The van der Waals surface area contributed by atoms with Crippen LogP contribution in [0.15, 0.2) is 110 Å². The molecular weight excluding hydrogens is 552 g/mol. The van der Waals surface area contributed by atoms with Crippen LogP contribution < -0.4 is 10.1 Å². The van der Waals surface area contributed by atoms with E-state index in [0.717, 1.165) is 54.4 Å². The van der Waals surface area contributed by atoms with Gasteiger partial charge in [-0.25, -0.2) is 4.98 Å². The van der Waals surface area contributed by atoms with Crippen molar-refractivity contribution < 1.29 is 19.4 Å². The van der Waals surface area contributed by atoms with Crippen molar-refractivity contribution in [3.63, 3.8) is 0 Å². The van der Waals surface area contributed by atoms with Crippen LogP contribution in [0.4, 0.5) is 0 Å². The zero-order valence-electron chi connectivity index (χ0n) is 24.7. The molecule has 8 heteroatoms. The van der Waals surface area contributed by atoms with Gasteiger partial charge < -0.3 is 29.4 Å². The summed E-state index contributed by atoms with van der Waals surface area (Å²) in [6.07, 6.45) is 7.30. The first kappa shape index (κ1) is 29.4. The fourth-order valence-electron chi connectivity index (χ4n) is 5.76. The molecule has 2 N–H and O–H groups in total. The van der Waals surface area contributed by atoms with Gasteiger partial charge in [0.1, 0.15) is 24.2 Å². The maximum Gasteiger partial charge on any atom is 0.255 e. The summed E-state index contributed by atoms with van der Waals surface area (Å²) < 4.78 is 14.6. The summed E-state index contributed by atoms with van der Waals surface area (Å²) >= 11 is 0. The molecule has 1 aromatic heterocycles. The Morgan fingerprint density at radius 1 is 0.932 bits per heavy atom. The average molecular weight is 591 g/mol. The molecule has 2 heterocycles. The van der Waals surface area contributed by atoms with Gasteiger partial charge in [0, 0.05) is 44.0 Å². The molecule has 1 amide bonds. The Morgan fingerprint density at radius 3 is 2.34 bits per heavy atom. The van der Waals surface area contributed by atoms with Crippen LogP contribution in [0.1, 0.15) is 40.4 Å². The Hall–Kier alpha value is -4.66. The number of aromatic hydroxyl groups is 1. The highest BCUT2D eigenvalue weighted by Gasteiger charge is 2.25. The molecule has 4 aromatic carbocycles. The van der Waals surface area contributed by atoms with Crippen molar-refractivity contribution in [3.8, 4) is 11.5 Å². The van der Waals surface area contributed by atoms with Gasteiger partial charge in [-0.15, -0.1) is 0 Å². The first-order valence-electron chi connectivity index (χ1n) is 15.2. The first-order chi connectivity index (χ1) is 21.6. The van der Waals surface area contributed by atoms with Gasteiger partial charge in [0.25, 0.3) is 5.91 Å². The van der Waals surface area contributed by atoms with Crippen LogP contribution in [-0.4, -0.2) is 64.4 Å². The Labute approximate surface area is 257 Å². The largest absolute Gasteiger partial charge is 0.507 e. The second kappa shape index (κ2) is 14.2. The van der Waals surface area contributed by atoms with Gasteiger partial charge in [-0.1, -0.05) is 72.8 Å². The van der Waals surface area contributed by atoms with Gasteiger partial charge in [0.15, 0.2) is 0 Å². The number of phenolic OH excluding ortho intramolecular Hbond substituents is 1. The van der Waals surface area contributed by atoms with Crippen LogP contribution >= 0.6 is 0 Å². The number of hydrogen-bond donors (Lipinski definition) is 2. The number of hydrogen-bond acceptors (Lipinski definition) is 6. The van der Waals surface area contributed by atoms with Gasteiger partial charge in [-0.3, -0.25) is 4.79 Å². The summed E-state index contributed by atoms with van der Waals surface area (Å²) in [4.78, 5) is 19.4. The number of carbonyl (C=O) groups excluding carboxylic acids is 1. The van der Waals surface area contributed by atoms with Crippen LogP contribution in [-0.2, 0) is 11.3 Å². The van der Waals surface area contributed by atoms with Crippen molar-refractivity contribution in [1.82, 2.24) is 19.8 Å². The number of amides is 1. The first-order valence-corrected chi connectivity index (χ1v) is 15.2. The Bertz CT molecular complexity index is 1600. The molecule has 1 aliphatic heterocycles. The third-order valence-electron chi connectivity index (χ3n) is 8.15. The van der Waals surface area contributed by atoms with Gasteiger partial charge in [-0.05, 0) is 47.6 Å². The lowest BCUT2D eigenvalue weighted by Crippen LogP contribution is -2.41. The topological polar surface area (TPSA) is 88.9 Å². The molecule has 5 aromatic rings. The summed E-state index contributed by atoms with van der Waals surface area (Å²) in [5.74, 6) is 0.309. The quantitative estimate of drug-likeness (QED) is 0.190. The summed E-state index contributed by atoms with van der Waals surface area (Å²) in [6.45, 7) is 4.17. The monoisotopic (exact) mass is 590 g/mol. The Kier molecular flexibility index (Phi) is 9.50. The summed E-state index contributed by atoms with van der Waals surface area (Å²) in [5, 5.41) is 15.3. The molecule has 1 aliphatic rings. The zero-order valence-corrected chi connectivity index (χ0v) is 24.7. The van der Waals surface area contributed by atoms with Crippen molar-refractivity contribution in [3.05, 3.63) is 126 Å². The van der Waals surface area contributed by atoms with Crippen LogP contribution in [0.2, 0.25) is 0 Å². The van der Waals surface area contributed by atoms with E-state index in [2.05, 4.69) is 63.7 Å². The van der Waals surface area contributed by atoms with E-state index in [4.69, 9.17) is 9.47 Å². The maximum absolute atomic E-state index is 13.0. The van der Waals surface area contributed by atoms with Crippen molar-refractivity contribution in [2.24, 2.45) is 0 Å². The van der Waals surface area contributed by atoms with Crippen LogP contribution in [0.3, 0.4) is 0 Å². The molecule has 226 valence electrons. The number of imidazole rings is 1. The number of phenols is 1. The van der Waals surface area contributed by atoms with Crippen LogP contribution in [0.25, 0.3) is 10.8 Å². The Balaban J connectivity index is 0.992. The van der Waals surface area contributed by atoms with Gasteiger partial charge in [0.2, 0.25) is 0 Å². The molecule has 0 aliphatic carbocycles. The molecule has 0 bridgehead atoms. The molecule has 6 rings (SSSR count). The number of piperidine rings is 1. The number of likely N-dealkylation sites (tertiary alicyclic amines) is 1. The fourth-order valence-corrected chi connectivity index (χ4v) is 5.76. The molecular formula is C36H38N4O4. The molecule has 0 atom stereocenters. The standard InChI is InChI=1S/C36H38N4O4/c41-33-25-31-29(12-7-13-34(31)43-23-22-40-20-16-37-26-40)24-32(33)36(42)38-17-21-39-18-14-30(15-19-39)44-35(27-8-3-1-4-9-27)28-10-5-2-6-11-28/h1-13,16,20,24-26,30,35,41H,14-15,17-19,21-23H2,(H,38,42). The van der Waals surface area contributed by atoms with Gasteiger partial charge >= 0.3 is 0 Å². The molecule has 1 saturated heterocycles. The number of fused-ring (bicyclic) bond motifs is 1. The zero-order chi connectivity index (χ0) is 30.1. The molecule has 0 spiro atoms. The van der Waals surface area contributed by atoms with E-state index in [0.29, 0.717) is 25.4 Å². The number of nitrogens with zero attached hydrogens (tertiary/aromatic N) is 3. The predicted octanol–water partition coefficient (Wildman–Crippen LogP) is 5.82. The van der Waals surface area contributed by atoms with E-state index in [1.807, 2.05) is 41.1 Å². The number of rotatable bonds is 12. The third-order valence-corrected chi connectivity index (χ3v) is 8.15. The van der Waals surface area contributed by atoms with Gasteiger partial charge in [0.05, 0.1) is 24.5 Å². The van der Waals surface area contributed by atoms with E-state index in [9.17, 15) is 9.90 Å². The van der Waals surface area contributed by atoms with E-state index in [-0.39, 0.29) is 29.4 Å². The predicted molar refractivity (Wildman–Crippen MR) is 171 cm³/mol. The minimum atomic E-state index is -0.289. The molecule has 1 fully saturated rings. The van der Waals surface area contributed by atoms with Crippen molar-refractivity contribution in [1.29, 1.82) is 0 Å². The van der Waals surface area contributed by atoms with Crippen molar-refractivity contribution >= 4 is 16.7 Å². The average Bonchev–Trinajstić information content (AvgIpc) is 3.59. The third kappa shape index (κ3) is 7.27. The van der Waals surface area contributed by atoms with E-state index in [1.54, 1.807) is 24.7 Å². The van der Waals surface area contributed by atoms with Crippen LogP contribution in [0.5, 0.6) is 11.5 Å².